The highest BCUT2D eigenvalue weighted by molar-refractivity contribution is 6.17. The summed E-state index contributed by atoms with van der Waals surface area (Å²) in [6.45, 7) is 2.04. The summed E-state index contributed by atoms with van der Waals surface area (Å²) < 4.78 is 5.12. The lowest BCUT2D eigenvalue weighted by Gasteiger charge is -2.08. The number of hydrogen-bond donors (Lipinski definition) is 1. The van der Waals surface area contributed by atoms with E-state index in [-0.39, 0.29) is 11.8 Å². The molecule has 0 aliphatic carbocycles. The van der Waals surface area contributed by atoms with Crippen LogP contribution in [0.15, 0.2) is 0 Å². The monoisotopic (exact) mass is 205 g/mol. The Kier molecular flexibility index (Phi) is 5.16. The average molecular weight is 206 g/mol. The smallest absolute Gasteiger partial charge is 0.225 e. The fourth-order valence-corrected chi connectivity index (χ4v) is 1.51. The third-order valence-electron chi connectivity index (χ3n) is 2.16. The Labute approximate surface area is 83.8 Å². The van der Waals surface area contributed by atoms with Gasteiger partial charge in [0.15, 0.2) is 0 Å². The number of halogens is 1. The molecular formula is C9H16ClNO2. The number of rotatable bonds is 5. The highest BCUT2D eigenvalue weighted by atomic mass is 35.5. The van der Waals surface area contributed by atoms with Crippen LogP contribution in [0.25, 0.3) is 0 Å². The molecule has 1 aliphatic heterocycles. The van der Waals surface area contributed by atoms with Crippen molar-refractivity contribution >= 4 is 17.5 Å². The van der Waals surface area contributed by atoms with E-state index in [1.165, 1.54) is 0 Å². The normalized spacial score (nSPS) is 21.8. The number of nitrogens with one attached hydrogen (secondary N) is 1. The number of alkyl halides is 1. The second kappa shape index (κ2) is 6.22. The molecule has 1 heterocycles. The summed E-state index contributed by atoms with van der Waals surface area (Å²) in [5, 5.41) is 2.88. The molecule has 76 valence electrons. The summed E-state index contributed by atoms with van der Waals surface area (Å²) in [6, 6.07) is 0. The van der Waals surface area contributed by atoms with Gasteiger partial charge in [-0.05, 0) is 19.3 Å². The van der Waals surface area contributed by atoms with Gasteiger partial charge in [0.2, 0.25) is 5.91 Å². The molecule has 1 amide bonds. The van der Waals surface area contributed by atoms with Gasteiger partial charge in [0, 0.05) is 19.0 Å². The first-order chi connectivity index (χ1) is 6.34. The van der Waals surface area contributed by atoms with Crippen LogP contribution in [0.2, 0.25) is 0 Å². The zero-order valence-corrected chi connectivity index (χ0v) is 8.48. The summed E-state index contributed by atoms with van der Waals surface area (Å²) in [7, 11) is 0. The van der Waals surface area contributed by atoms with E-state index in [0.29, 0.717) is 12.5 Å². The largest absolute Gasteiger partial charge is 0.381 e. The molecule has 0 aromatic carbocycles. The summed E-state index contributed by atoms with van der Waals surface area (Å²) in [4.78, 5) is 11.4. The number of amides is 1. The topological polar surface area (TPSA) is 38.3 Å². The van der Waals surface area contributed by atoms with Gasteiger partial charge >= 0.3 is 0 Å². The van der Waals surface area contributed by atoms with Crippen molar-refractivity contribution in [1.82, 2.24) is 5.32 Å². The maximum atomic E-state index is 11.4. The molecule has 0 spiro atoms. The minimum atomic E-state index is 0.0796. The van der Waals surface area contributed by atoms with Crippen molar-refractivity contribution in [2.24, 2.45) is 5.92 Å². The van der Waals surface area contributed by atoms with Crippen LogP contribution in [0.1, 0.15) is 19.3 Å². The van der Waals surface area contributed by atoms with E-state index in [4.69, 9.17) is 16.3 Å². The van der Waals surface area contributed by atoms with Gasteiger partial charge < -0.3 is 10.1 Å². The van der Waals surface area contributed by atoms with Crippen molar-refractivity contribution in [2.75, 3.05) is 25.6 Å². The van der Waals surface area contributed by atoms with E-state index < -0.39 is 0 Å². The number of carbonyl (C=O) groups excluding carboxylic acids is 1. The Morgan fingerprint density at radius 1 is 1.54 bits per heavy atom. The quantitative estimate of drug-likeness (QED) is 0.541. The van der Waals surface area contributed by atoms with Gasteiger partial charge in [-0.25, -0.2) is 0 Å². The SMILES string of the molecule is O=C(NCCCCCl)C1CCOC1. The third-order valence-corrected chi connectivity index (χ3v) is 2.43. The van der Waals surface area contributed by atoms with E-state index in [9.17, 15) is 4.79 Å². The molecule has 1 aliphatic rings. The zero-order chi connectivity index (χ0) is 9.52. The molecule has 0 bridgehead atoms. The second-order valence-corrected chi connectivity index (χ2v) is 3.63. The van der Waals surface area contributed by atoms with Gasteiger partial charge in [0.25, 0.3) is 0 Å². The predicted molar refractivity (Wildman–Crippen MR) is 51.9 cm³/mol. The number of hydrogen-bond acceptors (Lipinski definition) is 2. The van der Waals surface area contributed by atoms with E-state index in [0.717, 1.165) is 32.4 Å². The molecule has 1 fully saturated rings. The van der Waals surface area contributed by atoms with Crippen LogP contribution in [0.3, 0.4) is 0 Å². The lowest BCUT2D eigenvalue weighted by atomic mass is 10.1. The Morgan fingerprint density at radius 3 is 3.00 bits per heavy atom. The summed E-state index contributed by atoms with van der Waals surface area (Å²) >= 11 is 5.51. The molecule has 1 saturated heterocycles. The molecule has 1 atom stereocenters. The average Bonchev–Trinajstić information content (AvgIpc) is 2.65. The van der Waals surface area contributed by atoms with Gasteiger partial charge in [-0.3, -0.25) is 4.79 Å². The lowest BCUT2D eigenvalue weighted by molar-refractivity contribution is -0.124. The minimum absolute atomic E-state index is 0.0796. The van der Waals surface area contributed by atoms with Crippen LogP contribution in [0.5, 0.6) is 0 Å². The van der Waals surface area contributed by atoms with Gasteiger partial charge in [-0.15, -0.1) is 11.6 Å². The number of unbranched alkanes of at least 4 members (excludes halogenated alkanes) is 1. The molecule has 3 nitrogen and oxygen atoms in total. The molecular weight excluding hydrogens is 190 g/mol. The fourth-order valence-electron chi connectivity index (χ4n) is 1.32. The summed E-state index contributed by atoms with van der Waals surface area (Å²) in [5.74, 6) is 0.880. The maximum Gasteiger partial charge on any atom is 0.225 e. The van der Waals surface area contributed by atoms with Crippen LogP contribution in [-0.4, -0.2) is 31.5 Å². The molecule has 0 aromatic rings. The molecule has 13 heavy (non-hydrogen) atoms. The van der Waals surface area contributed by atoms with E-state index in [1.807, 2.05) is 0 Å². The van der Waals surface area contributed by atoms with E-state index in [1.54, 1.807) is 0 Å². The molecule has 4 heteroatoms. The van der Waals surface area contributed by atoms with E-state index >= 15 is 0 Å². The van der Waals surface area contributed by atoms with Gasteiger partial charge in [-0.2, -0.15) is 0 Å². The summed E-state index contributed by atoms with van der Waals surface area (Å²) in [6.07, 6.45) is 2.78. The van der Waals surface area contributed by atoms with Crippen molar-refractivity contribution in [3.8, 4) is 0 Å². The molecule has 0 aromatic heterocycles. The second-order valence-electron chi connectivity index (χ2n) is 3.25. The molecule has 0 saturated carbocycles. The third kappa shape index (κ3) is 3.96. The first kappa shape index (κ1) is 10.8. The van der Waals surface area contributed by atoms with Gasteiger partial charge in [-0.1, -0.05) is 0 Å². The Morgan fingerprint density at radius 2 is 2.38 bits per heavy atom. The minimum Gasteiger partial charge on any atom is -0.381 e. The first-order valence-corrected chi connectivity index (χ1v) is 5.29. The molecule has 1 N–H and O–H groups in total. The van der Waals surface area contributed by atoms with Crippen molar-refractivity contribution in [2.45, 2.75) is 19.3 Å². The van der Waals surface area contributed by atoms with Crippen molar-refractivity contribution in [3.63, 3.8) is 0 Å². The lowest BCUT2D eigenvalue weighted by Crippen LogP contribution is -2.31. The molecule has 1 rings (SSSR count). The van der Waals surface area contributed by atoms with Crippen molar-refractivity contribution < 1.29 is 9.53 Å². The maximum absolute atomic E-state index is 11.4. The van der Waals surface area contributed by atoms with Crippen molar-refractivity contribution in [1.29, 1.82) is 0 Å². The van der Waals surface area contributed by atoms with Crippen LogP contribution < -0.4 is 5.32 Å². The van der Waals surface area contributed by atoms with E-state index in [2.05, 4.69) is 5.32 Å². The Bertz CT molecular complexity index is 158. The van der Waals surface area contributed by atoms with Crippen LogP contribution in [0.4, 0.5) is 0 Å². The fraction of sp³-hybridized carbons (Fsp3) is 0.889. The standard InChI is InChI=1S/C9H16ClNO2/c10-4-1-2-5-11-9(12)8-3-6-13-7-8/h8H,1-7H2,(H,11,12). The highest BCUT2D eigenvalue weighted by Crippen LogP contribution is 2.11. The summed E-state index contributed by atoms with van der Waals surface area (Å²) in [5.41, 5.74) is 0. The predicted octanol–water partition coefficient (Wildman–Crippen LogP) is 1.16. The van der Waals surface area contributed by atoms with Crippen LogP contribution in [-0.2, 0) is 9.53 Å². The number of carbonyl (C=O) groups is 1. The molecule has 1 unspecified atom stereocenters. The Hall–Kier alpha value is -0.280. The van der Waals surface area contributed by atoms with Gasteiger partial charge in [0.05, 0.1) is 12.5 Å². The van der Waals surface area contributed by atoms with Crippen LogP contribution in [0, 0.1) is 5.92 Å². The van der Waals surface area contributed by atoms with Crippen molar-refractivity contribution in [3.05, 3.63) is 0 Å². The number of ether oxygens (including phenoxy) is 1. The molecule has 0 radical (unpaired) electrons. The highest BCUT2D eigenvalue weighted by Gasteiger charge is 2.22. The van der Waals surface area contributed by atoms with Gasteiger partial charge in [0.1, 0.15) is 0 Å². The zero-order valence-electron chi connectivity index (χ0n) is 7.72. The Balaban J connectivity index is 2.03. The first-order valence-electron chi connectivity index (χ1n) is 4.76. The van der Waals surface area contributed by atoms with Crippen LogP contribution >= 0.6 is 11.6 Å².